The van der Waals surface area contributed by atoms with Crippen molar-refractivity contribution in [2.24, 2.45) is 0 Å². The van der Waals surface area contributed by atoms with E-state index in [2.05, 4.69) is 27.4 Å². The van der Waals surface area contributed by atoms with Gasteiger partial charge in [0.15, 0.2) is 4.96 Å². The first-order valence-corrected chi connectivity index (χ1v) is 12.5. The Kier molecular flexibility index (Phi) is 7.50. The van der Waals surface area contributed by atoms with Crippen LogP contribution >= 0.6 is 11.3 Å². The third-order valence-corrected chi connectivity index (χ3v) is 7.18. The summed E-state index contributed by atoms with van der Waals surface area (Å²) in [7, 11) is 1.68. The van der Waals surface area contributed by atoms with E-state index in [1.165, 1.54) is 15.7 Å². The fourth-order valence-corrected chi connectivity index (χ4v) is 5.46. The summed E-state index contributed by atoms with van der Waals surface area (Å²) < 4.78 is 9.00. The third kappa shape index (κ3) is 5.22. The number of rotatable bonds is 7. The minimum atomic E-state index is -0.252. The van der Waals surface area contributed by atoms with Crippen molar-refractivity contribution >= 4 is 28.3 Å². The van der Waals surface area contributed by atoms with Gasteiger partial charge in [0, 0.05) is 68.9 Å². The van der Waals surface area contributed by atoms with Crippen molar-refractivity contribution in [2.75, 3.05) is 39.9 Å². The largest absolute Gasteiger partial charge is 0.383 e. The van der Waals surface area contributed by atoms with E-state index >= 15 is 0 Å². The van der Waals surface area contributed by atoms with Crippen LogP contribution in [0.3, 0.4) is 0 Å². The smallest absolute Gasteiger partial charge is 0.264 e. The summed E-state index contributed by atoms with van der Waals surface area (Å²) in [6.45, 7) is 9.57. The molecular formula is C25H30N6O3S. The zero-order valence-corrected chi connectivity index (χ0v) is 21.3. The summed E-state index contributed by atoms with van der Waals surface area (Å²) in [4.78, 5) is 34.5. The van der Waals surface area contributed by atoms with Crippen molar-refractivity contribution < 1.29 is 9.53 Å². The van der Waals surface area contributed by atoms with Gasteiger partial charge in [-0.15, -0.1) is 11.3 Å². The summed E-state index contributed by atoms with van der Waals surface area (Å²) >= 11 is 1.43. The molecule has 4 heterocycles. The van der Waals surface area contributed by atoms with Gasteiger partial charge < -0.3 is 14.2 Å². The molecule has 0 aliphatic carbocycles. The Hall–Kier alpha value is -3.26. The van der Waals surface area contributed by atoms with Gasteiger partial charge in [0.2, 0.25) is 0 Å². The van der Waals surface area contributed by atoms with E-state index in [0.717, 1.165) is 22.6 Å². The number of aryl methyl sites for hydroxylation is 1. The molecule has 1 atom stereocenters. The first-order chi connectivity index (χ1) is 16.8. The molecule has 1 unspecified atom stereocenters. The maximum atomic E-state index is 13.1. The molecular weight excluding hydrogens is 464 g/mol. The Morgan fingerprint density at radius 2 is 2.03 bits per heavy atom. The molecule has 0 aromatic carbocycles. The number of methoxy groups -OCH3 is 1. The van der Waals surface area contributed by atoms with Crippen LogP contribution in [0.15, 0.2) is 34.1 Å². The van der Waals surface area contributed by atoms with E-state index in [0.29, 0.717) is 44.3 Å². The maximum Gasteiger partial charge on any atom is 0.264 e. The number of aromatic nitrogens is 3. The van der Waals surface area contributed by atoms with Gasteiger partial charge in [-0.25, -0.2) is 4.98 Å². The lowest BCUT2D eigenvalue weighted by Gasteiger charge is -2.34. The van der Waals surface area contributed by atoms with Crippen LogP contribution in [0.2, 0.25) is 0 Å². The predicted molar refractivity (Wildman–Crippen MR) is 135 cm³/mol. The van der Waals surface area contributed by atoms with Crippen LogP contribution in [0.5, 0.6) is 0 Å². The number of hydrogen-bond acceptors (Lipinski definition) is 7. The lowest BCUT2D eigenvalue weighted by atomic mass is 10.1. The molecule has 184 valence electrons. The number of ether oxygens (including phenoxy) is 1. The van der Waals surface area contributed by atoms with Crippen LogP contribution in [0, 0.1) is 25.2 Å². The molecule has 9 nitrogen and oxygen atoms in total. The van der Waals surface area contributed by atoms with Gasteiger partial charge in [-0.05, 0) is 38.5 Å². The minimum absolute atomic E-state index is 0.0835. The molecule has 1 saturated heterocycles. The number of carbonyl (C=O) groups excluding carboxylic acids is 1. The third-order valence-electron chi connectivity index (χ3n) is 6.42. The number of carbonyl (C=O) groups is 1. The van der Waals surface area contributed by atoms with Gasteiger partial charge in [-0.1, -0.05) is 0 Å². The molecule has 35 heavy (non-hydrogen) atoms. The number of thiazole rings is 1. The van der Waals surface area contributed by atoms with E-state index in [4.69, 9.17) is 4.74 Å². The summed E-state index contributed by atoms with van der Waals surface area (Å²) in [5, 5.41) is 11.6. The average Bonchev–Trinajstić information content (AvgIpc) is 3.41. The highest BCUT2D eigenvalue weighted by molar-refractivity contribution is 7.15. The lowest BCUT2D eigenvalue weighted by molar-refractivity contribution is -0.128. The van der Waals surface area contributed by atoms with E-state index in [1.807, 2.05) is 25.3 Å². The van der Waals surface area contributed by atoms with Crippen LogP contribution in [-0.4, -0.2) is 69.6 Å². The summed E-state index contributed by atoms with van der Waals surface area (Å²) in [5.41, 5.74) is 3.72. The van der Waals surface area contributed by atoms with E-state index in [9.17, 15) is 14.9 Å². The monoisotopic (exact) mass is 494 g/mol. The van der Waals surface area contributed by atoms with E-state index in [1.54, 1.807) is 30.3 Å². The van der Waals surface area contributed by atoms with Crippen molar-refractivity contribution in [1.29, 1.82) is 5.26 Å². The van der Waals surface area contributed by atoms with Gasteiger partial charge >= 0.3 is 0 Å². The number of amides is 1. The molecule has 1 amide bonds. The molecule has 1 fully saturated rings. The molecule has 1 aliphatic heterocycles. The van der Waals surface area contributed by atoms with Gasteiger partial charge in [0.25, 0.3) is 11.5 Å². The maximum absolute atomic E-state index is 13.1. The SMILES string of the molecule is COCC(C)n1c(C)cc(/C=C(\C#N)C(=O)N2CCN(Cc3cc(=O)n4ccsc4n3)CC2)c1C. The van der Waals surface area contributed by atoms with Crippen molar-refractivity contribution in [2.45, 2.75) is 33.4 Å². The quantitative estimate of drug-likeness (QED) is 0.370. The number of hydrogen-bond donors (Lipinski definition) is 0. The van der Waals surface area contributed by atoms with Crippen molar-refractivity contribution in [3.63, 3.8) is 0 Å². The number of nitriles is 1. The molecule has 3 aromatic rings. The molecule has 3 aromatic heterocycles. The second-order valence-corrected chi connectivity index (χ2v) is 9.75. The van der Waals surface area contributed by atoms with Crippen molar-refractivity contribution in [1.82, 2.24) is 23.8 Å². The topological polar surface area (TPSA) is 95.9 Å². The predicted octanol–water partition coefficient (Wildman–Crippen LogP) is 2.63. The average molecular weight is 495 g/mol. The summed E-state index contributed by atoms with van der Waals surface area (Å²) in [6.07, 6.45) is 3.42. The molecule has 0 bridgehead atoms. The molecule has 0 N–H and O–H groups in total. The molecule has 10 heteroatoms. The normalized spacial score (nSPS) is 16.0. The Bertz CT molecular complexity index is 1350. The van der Waals surface area contributed by atoms with Crippen LogP contribution in [0.25, 0.3) is 11.0 Å². The van der Waals surface area contributed by atoms with Crippen LogP contribution < -0.4 is 5.56 Å². The molecule has 0 radical (unpaired) electrons. The Morgan fingerprint density at radius 3 is 2.71 bits per heavy atom. The highest BCUT2D eigenvalue weighted by Crippen LogP contribution is 2.23. The molecule has 1 aliphatic rings. The van der Waals surface area contributed by atoms with Gasteiger partial charge in [0.05, 0.1) is 18.3 Å². The number of piperazine rings is 1. The number of nitrogens with zero attached hydrogens (tertiary/aromatic N) is 6. The summed E-state index contributed by atoms with van der Waals surface area (Å²) in [6, 6.07) is 5.83. The van der Waals surface area contributed by atoms with Crippen molar-refractivity contribution in [3.8, 4) is 6.07 Å². The van der Waals surface area contributed by atoms with Gasteiger partial charge in [-0.2, -0.15) is 5.26 Å². The highest BCUT2D eigenvalue weighted by atomic mass is 32.1. The standard InChI is InChI=1S/C25H30N6O3S/c1-17-11-20(19(3)31(17)18(2)16-34-4)12-21(14-26)24(33)29-7-5-28(6-8-29)15-22-13-23(32)30-9-10-35-25(30)27-22/h9-13,18H,5-8,15-16H2,1-4H3/b21-12+. The molecule has 0 spiro atoms. The second kappa shape index (κ2) is 10.6. The van der Waals surface area contributed by atoms with Gasteiger partial charge in [-0.3, -0.25) is 18.9 Å². The Balaban J connectivity index is 1.42. The zero-order valence-electron chi connectivity index (χ0n) is 20.5. The van der Waals surface area contributed by atoms with E-state index in [-0.39, 0.29) is 23.1 Å². The summed E-state index contributed by atoms with van der Waals surface area (Å²) in [5.74, 6) is -0.252. The van der Waals surface area contributed by atoms with Gasteiger partial charge in [0.1, 0.15) is 11.6 Å². The van der Waals surface area contributed by atoms with Crippen LogP contribution in [0.1, 0.15) is 35.6 Å². The number of fused-ring (bicyclic) bond motifs is 1. The molecule has 0 saturated carbocycles. The Morgan fingerprint density at radius 1 is 1.29 bits per heavy atom. The van der Waals surface area contributed by atoms with Crippen LogP contribution in [0.4, 0.5) is 0 Å². The highest BCUT2D eigenvalue weighted by Gasteiger charge is 2.25. The van der Waals surface area contributed by atoms with E-state index < -0.39 is 0 Å². The first-order valence-electron chi connectivity index (χ1n) is 11.6. The fourth-order valence-electron chi connectivity index (χ4n) is 4.72. The second-order valence-electron chi connectivity index (χ2n) is 8.88. The fraction of sp³-hybridized carbons (Fsp3) is 0.440. The Labute approximate surface area is 208 Å². The van der Waals surface area contributed by atoms with Crippen LogP contribution in [-0.2, 0) is 16.1 Å². The first kappa shape index (κ1) is 24.9. The molecule has 4 rings (SSSR count). The zero-order chi connectivity index (χ0) is 25.1. The minimum Gasteiger partial charge on any atom is -0.383 e. The van der Waals surface area contributed by atoms with Crippen molar-refractivity contribution in [3.05, 3.63) is 62.3 Å². The lowest BCUT2D eigenvalue weighted by Crippen LogP contribution is -2.48.